The molecule has 1 aromatic rings. The summed E-state index contributed by atoms with van der Waals surface area (Å²) in [4.78, 5) is 60.4. The monoisotopic (exact) mass is 416 g/mol. The molecule has 30 heavy (non-hydrogen) atoms. The van der Waals surface area contributed by atoms with Gasteiger partial charge in [0.05, 0.1) is 43.1 Å². The van der Waals surface area contributed by atoms with Crippen LogP contribution in [0, 0.1) is 0 Å². The third-order valence-electron chi connectivity index (χ3n) is 4.36. The van der Waals surface area contributed by atoms with Gasteiger partial charge in [0.2, 0.25) is 5.91 Å². The largest absolute Gasteiger partial charge is 0.463 e. The molecule has 0 unspecified atom stereocenters. The van der Waals surface area contributed by atoms with E-state index in [9.17, 15) is 24.0 Å². The molecule has 0 atom stereocenters. The highest BCUT2D eigenvalue weighted by Crippen LogP contribution is 2.14. The second-order valence-electron chi connectivity index (χ2n) is 6.40. The first-order chi connectivity index (χ1) is 14.4. The van der Waals surface area contributed by atoms with E-state index >= 15 is 0 Å². The van der Waals surface area contributed by atoms with E-state index in [0.29, 0.717) is 5.56 Å². The molecular weight excluding hydrogens is 396 g/mol. The molecule has 5 amide bonds. The molecule has 0 saturated carbocycles. The fraction of sp³-hybridized carbons (Fsp3) is 0.316. The van der Waals surface area contributed by atoms with Gasteiger partial charge in [-0.2, -0.15) is 0 Å². The third kappa shape index (κ3) is 4.74. The number of imide groups is 1. The predicted molar refractivity (Wildman–Crippen MR) is 101 cm³/mol. The fourth-order valence-electron chi connectivity index (χ4n) is 2.88. The molecule has 3 N–H and O–H groups in total. The van der Waals surface area contributed by atoms with E-state index in [1.807, 2.05) is 0 Å². The average Bonchev–Trinajstić information content (AvgIpc) is 3.04. The lowest BCUT2D eigenvalue weighted by Gasteiger charge is -2.21. The van der Waals surface area contributed by atoms with Crippen LogP contribution in [0.3, 0.4) is 0 Å². The van der Waals surface area contributed by atoms with Gasteiger partial charge < -0.3 is 25.4 Å². The number of nitrogens with zero attached hydrogens (tertiary/aromatic N) is 1. The van der Waals surface area contributed by atoms with E-state index in [2.05, 4.69) is 16.0 Å². The topological polar surface area (TPSA) is 143 Å². The van der Waals surface area contributed by atoms with Gasteiger partial charge in [0.25, 0.3) is 0 Å². The Labute approximate surface area is 171 Å². The lowest BCUT2D eigenvalue weighted by Crippen LogP contribution is -2.45. The van der Waals surface area contributed by atoms with Gasteiger partial charge in [-0.05, 0) is 24.6 Å². The molecule has 0 bridgehead atoms. The number of amides is 5. The van der Waals surface area contributed by atoms with Crippen LogP contribution in [0.4, 0.5) is 9.59 Å². The summed E-state index contributed by atoms with van der Waals surface area (Å²) >= 11 is 0. The van der Waals surface area contributed by atoms with Crippen LogP contribution in [0.2, 0.25) is 0 Å². The van der Waals surface area contributed by atoms with E-state index in [4.69, 9.17) is 9.47 Å². The number of urea groups is 2. The average molecular weight is 416 g/mol. The summed E-state index contributed by atoms with van der Waals surface area (Å²) < 4.78 is 10.2. The minimum absolute atomic E-state index is 0.0195. The number of carbonyl (C=O) groups is 5. The lowest BCUT2D eigenvalue weighted by atomic mass is 10.1. The summed E-state index contributed by atoms with van der Waals surface area (Å²) in [6.45, 7) is 1.40. The number of benzene rings is 1. The molecule has 1 saturated heterocycles. The normalized spacial score (nSPS) is 16.0. The Bertz CT molecular complexity index is 925. The van der Waals surface area contributed by atoms with Gasteiger partial charge in [0, 0.05) is 0 Å². The van der Waals surface area contributed by atoms with Crippen LogP contribution in [0.25, 0.3) is 0 Å². The van der Waals surface area contributed by atoms with Gasteiger partial charge in [-0.3, -0.25) is 9.69 Å². The number of rotatable bonds is 7. The Hall–Kier alpha value is -3.89. The van der Waals surface area contributed by atoms with Crippen LogP contribution in [0.15, 0.2) is 35.5 Å². The molecule has 11 nitrogen and oxygen atoms in total. The van der Waals surface area contributed by atoms with Crippen molar-refractivity contribution in [2.45, 2.75) is 13.5 Å². The Morgan fingerprint density at radius 3 is 2.57 bits per heavy atom. The quantitative estimate of drug-likeness (QED) is 0.420. The predicted octanol–water partition coefficient (Wildman–Crippen LogP) is 0.0252. The maximum absolute atomic E-state index is 12.4. The van der Waals surface area contributed by atoms with E-state index in [1.54, 1.807) is 19.1 Å². The first-order valence-electron chi connectivity index (χ1n) is 9.17. The number of hydrogen-bond acceptors (Lipinski definition) is 7. The third-order valence-corrected chi connectivity index (χ3v) is 4.36. The summed E-state index contributed by atoms with van der Waals surface area (Å²) in [5, 5.41) is 7.32. The molecule has 0 aromatic heterocycles. The Morgan fingerprint density at radius 1 is 1.07 bits per heavy atom. The van der Waals surface area contributed by atoms with Gasteiger partial charge >= 0.3 is 24.0 Å². The highest BCUT2D eigenvalue weighted by atomic mass is 16.5. The van der Waals surface area contributed by atoms with Crippen molar-refractivity contribution >= 4 is 29.9 Å². The molecule has 1 fully saturated rings. The van der Waals surface area contributed by atoms with Crippen LogP contribution in [0.1, 0.15) is 22.8 Å². The first-order valence-corrected chi connectivity index (χ1v) is 9.17. The van der Waals surface area contributed by atoms with Crippen molar-refractivity contribution in [3.05, 3.63) is 46.7 Å². The van der Waals surface area contributed by atoms with Crippen LogP contribution in [-0.4, -0.2) is 61.1 Å². The zero-order chi connectivity index (χ0) is 21.7. The second kappa shape index (κ2) is 9.07. The van der Waals surface area contributed by atoms with Crippen molar-refractivity contribution in [1.82, 2.24) is 20.9 Å². The van der Waals surface area contributed by atoms with Crippen LogP contribution < -0.4 is 16.0 Å². The Balaban J connectivity index is 1.68. The van der Waals surface area contributed by atoms with Crippen molar-refractivity contribution in [1.29, 1.82) is 0 Å². The van der Waals surface area contributed by atoms with E-state index in [-0.39, 0.29) is 55.6 Å². The molecule has 11 heteroatoms. The molecule has 3 rings (SSSR count). The van der Waals surface area contributed by atoms with E-state index < -0.39 is 24.0 Å². The molecule has 158 valence electrons. The zero-order valence-electron chi connectivity index (χ0n) is 16.1. The lowest BCUT2D eigenvalue weighted by molar-refractivity contribution is -0.138. The Kier molecular flexibility index (Phi) is 6.30. The van der Waals surface area contributed by atoms with Gasteiger partial charge in [-0.1, -0.05) is 12.1 Å². The van der Waals surface area contributed by atoms with Crippen molar-refractivity contribution in [2.24, 2.45) is 0 Å². The maximum Gasteiger partial charge on any atom is 0.338 e. The number of carbonyl (C=O) groups excluding carboxylic acids is 5. The highest BCUT2D eigenvalue weighted by molar-refractivity contribution is 6.02. The number of nitrogens with one attached hydrogen (secondary N) is 3. The molecule has 0 aliphatic carbocycles. The van der Waals surface area contributed by atoms with Crippen molar-refractivity contribution in [3.63, 3.8) is 0 Å². The van der Waals surface area contributed by atoms with Gasteiger partial charge in [-0.25, -0.2) is 19.2 Å². The molecule has 0 radical (unpaired) electrons. The molecule has 2 aliphatic rings. The summed E-state index contributed by atoms with van der Waals surface area (Å²) in [5.41, 5.74) is 1.06. The zero-order valence-corrected chi connectivity index (χ0v) is 16.1. The molecule has 2 heterocycles. The number of esters is 2. The summed E-state index contributed by atoms with van der Waals surface area (Å²) in [6.07, 6.45) is 0. The minimum Gasteiger partial charge on any atom is -0.463 e. The fourth-order valence-corrected chi connectivity index (χ4v) is 2.88. The molecule has 0 spiro atoms. The number of ether oxygens (including phenoxy) is 2. The van der Waals surface area contributed by atoms with Crippen LogP contribution in [0.5, 0.6) is 0 Å². The van der Waals surface area contributed by atoms with Gasteiger partial charge in [0.1, 0.15) is 6.61 Å². The van der Waals surface area contributed by atoms with Crippen LogP contribution in [-0.2, 0) is 25.6 Å². The molecule has 2 aliphatic heterocycles. The van der Waals surface area contributed by atoms with E-state index in [0.717, 1.165) is 4.90 Å². The van der Waals surface area contributed by atoms with Crippen molar-refractivity contribution < 1.29 is 33.4 Å². The van der Waals surface area contributed by atoms with Crippen molar-refractivity contribution in [3.8, 4) is 0 Å². The summed E-state index contributed by atoms with van der Waals surface area (Å²) in [6, 6.07) is 5.27. The standard InChI is InChI=1S/C19H20N4O7/c1-2-29-17(26)13-7-20-18(27)22-14(13)10-30-16(25)12-5-3-4-11(6-12)9-23-15(24)8-21-19(23)28/h3-6H,2,7-10H2,1H3,(H,21,28)(H2,20,22,27). The second-order valence-corrected chi connectivity index (χ2v) is 6.40. The smallest absolute Gasteiger partial charge is 0.338 e. The Morgan fingerprint density at radius 2 is 1.87 bits per heavy atom. The maximum atomic E-state index is 12.4. The summed E-state index contributed by atoms with van der Waals surface area (Å²) in [7, 11) is 0. The summed E-state index contributed by atoms with van der Waals surface area (Å²) in [5.74, 6) is -1.67. The first kappa shape index (κ1) is 20.8. The van der Waals surface area contributed by atoms with Gasteiger partial charge in [0.15, 0.2) is 0 Å². The molecule has 1 aromatic carbocycles. The number of hydrogen-bond donors (Lipinski definition) is 3. The van der Waals surface area contributed by atoms with Crippen LogP contribution >= 0.6 is 0 Å². The highest BCUT2D eigenvalue weighted by Gasteiger charge is 2.28. The SMILES string of the molecule is CCOC(=O)C1=C(COC(=O)c2cccc(CN3C(=O)CNC3=O)c2)NC(=O)NC1. The van der Waals surface area contributed by atoms with Crippen molar-refractivity contribution in [2.75, 3.05) is 26.3 Å². The minimum atomic E-state index is -0.697. The van der Waals surface area contributed by atoms with E-state index in [1.165, 1.54) is 12.1 Å². The van der Waals surface area contributed by atoms with Gasteiger partial charge in [-0.15, -0.1) is 0 Å². The molecular formula is C19H20N4O7.